The zero-order chi connectivity index (χ0) is 19.0. The Morgan fingerprint density at radius 2 is 1.89 bits per heavy atom. The van der Waals surface area contributed by atoms with E-state index >= 15 is 0 Å². The normalized spacial score (nSPS) is 27.4. The number of likely N-dealkylation sites (N-methyl/N-ethyl adjacent to an activating group) is 1. The Labute approximate surface area is 156 Å². The Kier molecular flexibility index (Phi) is 4.86. The molecule has 2 aliphatic rings. The smallest absolute Gasteiger partial charge is 0.378 e. The molecule has 0 aromatic heterocycles. The van der Waals surface area contributed by atoms with E-state index in [4.69, 9.17) is 4.74 Å². The molecule has 2 heterocycles. The molecular formula is C21H23F3N2O. The van der Waals surface area contributed by atoms with Crippen LogP contribution in [-0.2, 0) is 10.9 Å². The molecule has 0 saturated carbocycles. The van der Waals surface area contributed by atoms with Crippen molar-refractivity contribution in [2.45, 2.75) is 37.3 Å². The van der Waals surface area contributed by atoms with Crippen molar-refractivity contribution < 1.29 is 17.9 Å². The van der Waals surface area contributed by atoms with Gasteiger partial charge in [0.15, 0.2) is 0 Å². The van der Waals surface area contributed by atoms with Crippen LogP contribution in [0, 0.1) is 5.92 Å². The minimum absolute atomic E-state index is 0.00756. The van der Waals surface area contributed by atoms with E-state index in [1.165, 1.54) is 12.1 Å². The molecule has 0 unspecified atom stereocenters. The Balaban J connectivity index is 1.75. The van der Waals surface area contributed by atoms with Gasteiger partial charge in [-0.2, -0.15) is 13.2 Å². The lowest BCUT2D eigenvalue weighted by molar-refractivity contribution is -0.138. The molecule has 2 N–H and O–H groups in total. The number of nitrogens with one attached hydrogen (secondary N) is 2. The topological polar surface area (TPSA) is 33.3 Å². The predicted octanol–water partition coefficient (Wildman–Crippen LogP) is 4.93. The first-order chi connectivity index (χ1) is 13.0. The van der Waals surface area contributed by atoms with Crippen molar-refractivity contribution in [3.63, 3.8) is 0 Å². The molecule has 0 amide bonds. The molecule has 0 spiro atoms. The van der Waals surface area contributed by atoms with Gasteiger partial charge < -0.3 is 15.4 Å². The van der Waals surface area contributed by atoms with E-state index in [-0.39, 0.29) is 24.2 Å². The number of anilines is 1. The molecule has 6 heteroatoms. The lowest BCUT2D eigenvalue weighted by atomic mass is 9.76. The Morgan fingerprint density at radius 3 is 2.59 bits per heavy atom. The van der Waals surface area contributed by atoms with Crippen LogP contribution in [0.3, 0.4) is 0 Å². The summed E-state index contributed by atoms with van der Waals surface area (Å²) in [7, 11) is 1.86. The van der Waals surface area contributed by atoms with Gasteiger partial charge in [0.2, 0.25) is 0 Å². The van der Waals surface area contributed by atoms with Crippen LogP contribution in [0.15, 0.2) is 48.5 Å². The van der Waals surface area contributed by atoms with Crippen molar-refractivity contribution in [1.29, 1.82) is 0 Å². The van der Waals surface area contributed by atoms with Crippen LogP contribution >= 0.6 is 0 Å². The van der Waals surface area contributed by atoms with Crippen LogP contribution in [0.1, 0.15) is 41.7 Å². The molecule has 2 aromatic carbocycles. The van der Waals surface area contributed by atoms with E-state index in [0.717, 1.165) is 30.2 Å². The molecule has 1 fully saturated rings. The monoisotopic (exact) mass is 376 g/mol. The molecule has 2 aromatic rings. The number of ether oxygens (including phenoxy) is 1. The maximum absolute atomic E-state index is 13.2. The number of alkyl halides is 3. The molecular weight excluding hydrogens is 353 g/mol. The van der Waals surface area contributed by atoms with Gasteiger partial charge in [-0.15, -0.1) is 0 Å². The molecule has 0 radical (unpaired) electrons. The lowest BCUT2D eigenvalue weighted by Gasteiger charge is -2.46. The van der Waals surface area contributed by atoms with Crippen molar-refractivity contribution in [2.24, 2.45) is 5.92 Å². The number of hydrogen-bond donors (Lipinski definition) is 2. The van der Waals surface area contributed by atoms with E-state index in [2.05, 4.69) is 22.8 Å². The zero-order valence-corrected chi connectivity index (χ0v) is 15.1. The van der Waals surface area contributed by atoms with Crippen LogP contribution in [0.4, 0.5) is 18.9 Å². The first-order valence-corrected chi connectivity index (χ1v) is 9.30. The summed E-state index contributed by atoms with van der Waals surface area (Å²) in [5, 5.41) is 6.59. The van der Waals surface area contributed by atoms with E-state index in [1.807, 2.05) is 25.2 Å². The van der Waals surface area contributed by atoms with Crippen LogP contribution in [-0.4, -0.2) is 19.7 Å². The SMILES string of the molecule is CNC[C@@H]1CC[C@@H]2[C@@H](c3ccccc3)Nc3ccc(C(F)(F)F)cc3[C@@H]2O1. The summed E-state index contributed by atoms with van der Waals surface area (Å²) in [4.78, 5) is 0. The van der Waals surface area contributed by atoms with Crippen LogP contribution < -0.4 is 10.6 Å². The van der Waals surface area contributed by atoms with Crippen molar-refractivity contribution >= 4 is 5.69 Å². The third-order valence-electron chi connectivity index (χ3n) is 5.56. The molecule has 4 rings (SSSR count). The molecule has 4 atom stereocenters. The highest BCUT2D eigenvalue weighted by Crippen LogP contribution is 2.51. The number of fused-ring (bicyclic) bond motifs is 3. The summed E-state index contributed by atoms with van der Waals surface area (Å²) in [6.45, 7) is 0.695. The first-order valence-electron chi connectivity index (χ1n) is 9.30. The van der Waals surface area contributed by atoms with Gasteiger partial charge in [0, 0.05) is 23.7 Å². The average molecular weight is 376 g/mol. The second-order valence-electron chi connectivity index (χ2n) is 7.31. The summed E-state index contributed by atoms with van der Waals surface area (Å²) >= 11 is 0. The van der Waals surface area contributed by atoms with Crippen molar-refractivity contribution in [2.75, 3.05) is 18.9 Å². The molecule has 144 valence electrons. The average Bonchev–Trinajstić information content (AvgIpc) is 2.67. The highest BCUT2D eigenvalue weighted by atomic mass is 19.4. The van der Waals surface area contributed by atoms with E-state index < -0.39 is 11.7 Å². The Hall–Kier alpha value is -2.05. The summed E-state index contributed by atoms with van der Waals surface area (Å²) in [5.41, 5.74) is 1.85. The van der Waals surface area contributed by atoms with Crippen LogP contribution in [0.2, 0.25) is 0 Å². The van der Waals surface area contributed by atoms with Crippen molar-refractivity contribution in [3.8, 4) is 0 Å². The summed E-state index contributed by atoms with van der Waals surface area (Å²) < 4.78 is 46.1. The zero-order valence-electron chi connectivity index (χ0n) is 15.1. The summed E-state index contributed by atoms with van der Waals surface area (Å²) in [5.74, 6) is 0.0940. The van der Waals surface area contributed by atoms with Gasteiger partial charge >= 0.3 is 6.18 Å². The van der Waals surface area contributed by atoms with Gasteiger partial charge in [-0.3, -0.25) is 0 Å². The molecule has 1 saturated heterocycles. The number of benzene rings is 2. The third-order valence-corrected chi connectivity index (χ3v) is 5.56. The second kappa shape index (κ2) is 7.17. The van der Waals surface area contributed by atoms with Gasteiger partial charge in [0.25, 0.3) is 0 Å². The van der Waals surface area contributed by atoms with Gasteiger partial charge in [0.05, 0.1) is 23.8 Å². The van der Waals surface area contributed by atoms with E-state index in [9.17, 15) is 13.2 Å². The van der Waals surface area contributed by atoms with Crippen LogP contribution in [0.5, 0.6) is 0 Å². The first kappa shape index (κ1) is 18.3. The molecule has 27 heavy (non-hydrogen) atoms. The van der Waals surface area contributed by atoms with Crippen LogP contribution in [0.25, 0.3) is 0 Å². The van der Waals surface area contributed by atoms with E-state index in [1.54, 1.807) is 0 Å². The van der Waals surface area contributed by atoms with Gasteiger partial charge in [-0.1, -0.05) is 30.3 Å². The van der Waals surface area contributed by atoms with Gasteiger partial charge in [0.1, 0.15) is 0 Å². The summed E-state index contributed by atoms with van der Waals surface area (Å²) in [6.07, 6.45) is -2.91. The quantitative estimate of drug-likeness (QED) is 0.797. The Morgan fingerprint density at radius 1 is 1.11 bits per heavy atom. The second-order valence-corrected chi connectivity index (χ2v) is 7.31. The molecule has 3 nitrogen and oxygen atoms in total. The van der Waals surface area contributed by atoms with Crippen molar-refractivity contribution in [1.82, 2.24) is 5.32 Å². The standard InChI is InChI=1S/C21H23F3N2O/c1-25-12-15-8-9-16-19(13-5-3-2-4-6-13)26-18-10-7-14(21(22,23)24)11-17(18)20(16)27-15/h2-7,10-11,15-16,19-20,25-26H,8-9,12H2,1H3/t15-,16+,19+,20+/m0/s1. The van der Waals surface area contributed by atoms with Gasteiger partial charge in [-0.25, -0.2) is 0 Å². The number of rotatable bonds is 3. The minimum Gasteiger partial charge on any atom is -0.378 e. The molecule has 0 bridgehead atoms. The maximum Gasteiger partial charge on any atom is 0.416 e. The lowest BCUT2D eigenvalue weighted by Crippen LogP contribution is -2.41. The fraction of sp³-hybridized carbons (Fsp3) is 0.429. The molecule has 0 aliphatic carbocycles. The highest BCUT2D eigenvalue weighted by molar-refractivity contribution is 5.58. The largest absolute Gasteiger partial charge is 0.416 e. The fourth-order valence-corrected chi connectivity index (χ4v) is 4.30. The van der Waals surface area contributed by atoms with Gasteiger partial charge in [-0.05, 0) is 43.7 Å². The predicted molar refractivity (Wildman–Crippen MR) is 98.5 cm³/mol. The maximum atomic E-state index is 13.2. The van der Waals surface area contributed by atoms with E-state index in [0.29, 0.717) is 12.1 Å². The minimum atomic E-state index is -4.36. The highest BCUT2D eigenvalue weighted by Gasteiger charge is 2.43. The fourth-order valence-electron chi connectivity index (χ4n) is 4.30. The van der Waals surface area contributed by atoms with Crippen molar-refractivity contribution in [3.05, 3.63) is 65.2 Å². The third kappa shape index (κ3) is 3.56. The molecule has 2 aliphatic heterocycles. The summed E-state index contributed by atoms with van der Waals surface area (Å²) in [6, 6.07) is 14.0. The number of hydrogen-bond acceptors (Lipinski definition) is 3. The number of halogens is 3. The Bertz CT molecular complexity index is 794.